The number of rotatable bonds is 9. The smallest absolute Gasteiger partial charge is 0.242 e. The molecule has 0 aromatic rings. The van der Waals surface area contributed by atoms with Crippen molar-refractivity contribution in [2.75, 3.05) is 32.7 Å². The van der Waals surface area contributed by atoms with Gasteiger partial charge in [0.15, 0.2) is 0 Å². The van der Waals surface area contributed by atoms with Gasteiger partial charge in [0, 0.05) is 19.1 Å². The summed E-state index contributed by atoms with van der Waals surface area (Å²) >= 11 is 0. The number of nitrogens with zero attached hydrogens (tertiary/aromatic N) is 2. The Hall–Kier alpha value is -1.10. The van der Waals surface area contributed by atoms with Crippen LogP contribution in [-0.2, 0) is 9.59 Å². The largest absolute Gasteiger partial charge is 0.332 e. The molecule has 1 aliphatic heterocycles. The van der Waals surface area contributed by atoms with E-state index in [0.29, 0.717) is 19.0 Å². The molecule has 0 aromatic heterocycles. The normalized spacial score (nSPS) is 19.0. The fourth-order valence-electron chi connectivity index (χ4n) is 2.64. The van der Waals surface area contributed by atoms with E-state index in [2.05, 4.69) is 26.1 Å². The maximum absolute atomic E-state index is 12.2. The van der Waals surface area contributed by atoms with E-state index < -0.39 is 0 Å². The van der Waals surface area contributed by atoms with E-state index in [1.807, 2.05) is 6.92 Å². The average Bonchev–Trinajstić information content (AvgIpc) is 2.47. The average molecular weight is 297 g/mol. The Morgan fingerprint density at radius 3 is 2.24 bits per heavy atom. The van der Waals surface area contributed by atoms with E-state index in [1.165, 1.54) is 0 Å². The third-order valence-electron chi connectivity index (χ3n) is 4.26. The van der Waals surface area contributed by atoms with Gasteiger partial charge in [0.25, 0.3) is 0 Å². The van der Waals surface area contributed by atoms with Gasteiger partial charge in [0.05, 0.1) is 13.1 Å². The van der Waals surface area contributed by atoms with Gasteiger partial charge in [-0.3, -0.25) is 9.59 Å². The van der Waals surface area contributed by atoms with Crippen LogP contribution >= 0.6 is 0 Å². The Morgan fingerprint density at radius 2 is 1.67 bits per heavy atom. The van der Waals surface area contributed by atoms with Gasteiger partial charge in [-0.15, -0.1) is 0 Å². The summed E-state index contributed by atoms with van der Waals surface area (Å²) < 4.78 is 0. The standard InChI is InChI=1S/C16H31N3O2/c1-5-8-17-14(13(4)7-3)10-19-12-15(20)18(9-6-2)11-16(19)21/h13-14,17H,5-12H2,1-4H3. The van der Waals surface area contributed by atoms with Crippen LogP contribution < -0.4 is 5.32 Å². The second-order valence-electron chi connectivity index (χ2n) is 6.04. The molecule has 0 aromatic carbocycles. The van der Waals surface area contributed by atoms with E-state index in [-0.39, 0.29) is 30.9 Å². The Morgan fingerprint density at radius 1 is 1.05 bits per heavy atom. The van der Waals surface area contributed by atoms with Crippen molar-refractivity contribution < 1.29 is 9.59 Å². The van der Waals surface area contributed by atoms with E-state index in [0.717, 1.165) is 25.8 Å². The predicted octanol–water partition coefficient (Wildman–Crippen LogP) is 1.48. The zero-order chi connectivity index (χ0) is 15.8. The van der Waals surface area contributed by atoms with Crippen LogP contribution in [0.25, 0.3) is 0 Å². The van der Waals surface area contributed by atoms with Gasteiger partial charge in [-0.05, 0) is 25.3 Å². The van der Waals surface area contributed by atoms with Crippen LogP contribution in [0.5, 0.6) is 0 Å². The van der Waals surface area contributed by atoms with Gasteiger partial charge in [-0.25, -0.2) is 0 Å². The molecule has 0 bridgehead atoms. The molecule has 2 unspecified atom stereocenters. The molecule has 0 aliphatic carbocycles. The highest BCUT2D eigenvalue weighted by Gasteiger charge is 2.31. The van der Waals surface area contributed by atoms with Crippen molar-refractivity contribution in [1.82, 2.24) is 15.1 Å². The summed E-state index contributed by atoms with van der Waals surface area (Å²) in [6.45, 7) is 11.3. The number of nitrogens with one attached hydrogen (secondary N) is 1. The Balaban J connectivity index is 2.62. The summed E-state index contributed by atoms with van der Waals surface area (Å²) in [7, 11) is 0. The van der Waals surface area contributed by atoms with Crippen LogP contribution in [0.4, 0.5) is 0 Å². The third kappa shape index (κ3) is 5.30. The van der Waals surface area contributed by atoms with Crippen LogP contribution in [0.3, 0.4) is 0 Å². The molecule has 0 radical (unpaired) electrons. The summed E-state index contributed by atoms with van der Waals surface area (Å²) in [5, 5.41) is 3.52. The molecule has 0 spiro atoms. The molecule has 1 aliphatic rings. The maximum atomic E-state index is 12.2. The number of carbonyl (C=O) groups is 2. The summed E-state index contributed by atoms with van der Waals surface area (Å²) in [5.74, 6) is 0.651. The number of hydrogen-bond donors (Lipinski definition) is 1. The van der Waals surface area contributed by atoms with Crippen molar-refractivity contribution in [2.24, 2.45) is 5.92 Å². The van der Waals surface area contributed by atoms with Crippen molar-refractivity contribution in [3.63, 3.8) is 0 Å². The van der Waals surface area contributed by atoms with E-state index in [9.17, 15) is 9.59 Å². The number of hydrogen-bond acceptors (Lipinski definition) is 3. The molecule has 21 heavy (non-hydrogen) atoms. The number of amides is 2. The highest BCUT2D eigenvalue weighted by Crippen LogP contribution is 2.13. The van der Waals surface area contributed by atoms with Crippen molar-refractivity contribution in [1.29, 1.82) is 0 Å². The molecule has 1 rings (SSSR count). The summed E-state index contributed by atoms with van der Waals surface area (Å²) in [4.78, 5) is 27.7. The lowest BCUT2D eigenvalue weighted by molar-refractivity contribution is -0.150. The monoisotopic (exact) mass is 297 g/mol. The second kappa shape index (κ2) is 9.03. The molecule has 1 fully saturated rings. The van der Waals surface area contributed by atoms with Crippen molar-refractivity contribution in [3.05, 3.63) is 0 Å². The molecule has 1 heterocycles. The van der Waals surface area contributed by atoms with Gasteiger partial charge in [0.1, 0.15) is 0 Å². The highest BCUT2D eigenvalue weighted by atomic mass is 16.2. The van der Waals surface area contributed by atoms with E-state index in [4.69, 9.17) is 0 Å². The van der Waals surface area contributed by atoms with Crippen molar-refractivity contribution in [3.8, 4) is 0 Å². The van der Waals surface area contributed by atoms with Crippen LogP contribution in [0.1, 0.15) is 47.0 Å². The first-order valence-corrected chi connectivity index (χ1v) is 8.32. The van der Waals surface area contributed by atoms with Crippen LogP contribution in [0.2, 0.25) is 0 Å². The van der Waals surface area contributed by atoms with Gasteiger partial charge in [-0.2, -0.15) is 0 Å². The fourth-order valence-corrected chi connectivity index (χ4v) is 2.64. The maximum Gasteiger partial charge on any atom is 0.242 e. The quantitative estimate of drug-likeness (QED) is 0.701. The molecular weight excluding hydrogens is 266 g/mol. The molecule has 2 atom stereocenters. The van der Waals surface area contributed by atoms with Gasteiger partial charge < -0.3 is 15.1 Å². The van der Waals surface area contributed by atoms with Crippen LogP contribution in [-0.4, -0.2) is 60.4 Å². The van der Waals surface area contributed by atoms with Gasteiger partial charge in [-0.1, -0.05) is 34.1 Å². The third-order valence-corrected chi connectivity index (χ3v) is 4.26. The molecular formula is C16H31N3O2. The summed E-state index contributed by atoms with van der Waals surface area (Å²) in [6.07, 6.45) is 3.04. The fraction of sp³-hybridized carbons (Fsp3) is 0.875. The van der Waals surface area contributed by atoms with Crippen LogP contribution in [0, 0.1) is 5.92 Å². The van der Waals surface area contributed by atoms with E-state index in [1.54, 1.807) is 9.80 Å². The second-order valence-corrected chi connectivity index (χ2v) is 6.04. The van der Waals surface area contributed by atoms with Crippen molar-refractivity contribution >= 4 is 11.8 Å². The lowest BCUT2D eigenvalue weighted by Crippen LogP contribution is -2.57. The Kier molecular flexibility index (Phi) is 7.72. The first-order valence-electron chi connectivity index (χ1n) is 8.32. The minimum atomic E-state index is 0.0784. The summed E-state index contributed by atoms with van der Waals surface area (Å²) in [5.41, 5.74) is 0. The number of carbonyl (C=O) groups excluding carboxylic acids is 2. The molecule has 5 nitrogen and oxygen atoms in total. The SMILES string of the molecule is CCCNC(CN1CC(=O)N(CCC)CC1=O)C(C)CC. The summed E-state index contributed by atoms with van der Waals surface area (Å²) in [6, 6.07) is 0.268. The molecule has 122 valence electrons. The molecule has 5 heteroatoms. The van der Waals surface area contributed by atoms with Gasteiger partial charge >= 0.3 is 0 Å². The zero-order valence-corrected chi connectivity index (χ0v) is 14.0. The zero-order valence-electron chi connectivity index (χ0n) is 14.0. The highest BCUT2D eigenvalue weighted by molar-refractivity contribution is 5.92. The molecule has 1 N–H and O–H groups in total. The lowest BCUT2D eigenvalue weighted by Gasteiger charge is -2.37. The molecule has 0 saturated carbocycles. The van der Waals surface area contributed by atoms with E-state index >= 15 is 0 Å². The Labute approximate surface area is 129 Å². The lowest BCUT2D eigenvalue weighted by atomic mass is 9.98. The van der Waals surface area contributed by atoms with Crippen molar-refractivity contribution in [2.45, 2.75) is 53.0 Å². The number of piperazine rings is 1. The molecule has 2 amide bonds. The first-order chi connectivity index (χ1) is 10.0. The Bertz CT molecular complexity index is 346. The predicted molar refractivity (Wildman–Crippen MR) is 85.0 cm³/mol. The minimum Gasteiger partial charge on any atom is -0.332 e. The topological polar surface area (TPSA) is 52.7 Å². The molecule has 1 saturated heterocycles. The van der Waals surface area contributed by atoms with Crippen LogP contribution in [0.15, 0.2) is 0 Å². The first kappa shape index (κ1) is 18.0. The van der Waals surface area contributed by atoms with Gasteiger partial charge in [0.2, 0.25) is 11.8 Å². The minimum absolute atomic E-state index is 0.0784.